The Morgan fingerprint density at radius 2 is 1.85 bits per heavy atom. The van der Waals surface area contributed by atoms with E-state index >= 15 is 0 Å². The smallest absolute Gasteiger partial charge is 0.389 e. The molecule has 1 aliphatic heterocycles. The van der Waals surface area contributed by atoms with Gasteiger partial charge in [-0.1, -0.05) is 0 Å². The van der Waals surface area contributed by atoms with Crippen LogP contribution in [-0.4, -0.2) is 55.4 Å². The van der Waals surface area contributed by atoms with Crippen LogP contribution in [0.25, 0.3) is 0 Å². The average molecular weight is 296 g/mol. The molecule has 1 saturated heterocycles. The van der Waals surface area contributed by atoms with E-state index < -0.39 is 24.1 Å². The Morgan fingerprint density at radius 1 is 1.25 bits per heavy atom. The van der Waals surface area contributed by atoms with E-state index in [4.69, 9.17) is 4.74 Å². The lowest BCUT2D eigenvalue weighted by molar-refractivity contribution is -0.160. The third kappa shape index (κ3) is 4.94. The summed E-state index contributed by atoms with van der Waals surface area (Å²) in [6.07, 6.45) is -4.96. The molecule has 1 fully saturated rings. The number of carbonyl (C=O) groups excluding carboxylic acids is 1. The summed E-state index contributed by atoms with van der Waals surface area (Å²) in [5, 5.41) is 3.16. The van der Waals surface area contributed by atoms with Crippen molar-refractivity contribution in [1.82, 2.24) is 10.2 Å². The minimum absolute atomic E-state index is 0.0667. The van der Waals surface area contributed by atoms with Crippen LogP contribution in [0.5, 0.6) is 0 Å². The van der Waals surface area contributed by atoms with Crippen LogP contribution in [0.1, 0.15) is 33.1 Å². The van der Waals surface area contributed by atoms with Gasteiger partial charge in [0.05, 0.1) is 6.61 Å². The molecule has 0 saturated carbocycles. The molecule has 7 heteroatoms. The van der Waals surface area contributed by atoms with E-state index in [1.165, 1.54) is 0 Å². The molecular weight excluding hydrogens is 273 g/mol. The fourth-order valence-electron chi connectivity index (χ4n) is 2.47. The van der Waals surface area contributed by atoms with Crippen molar-refractivity contribution >= 4 is 5.97 Å². The first kappa shape index (κ1) is 17.2. The Balaban J connectivity index is 2.69. The molecule has 0 spiro atoms. The summed E-state index contributed by atoms with van der Waals surface area (Å²) in [6.45, 7) is 6.36. The summed E-state index contributed by atoms with van der Waals surface area (Å²) >= 11 is 0. The number of alkyl halides is 3. The molecule has 4 nitrogen and oxygen atoms in total. The fraction of sp³-hybridized carbons (Fsp3) is 0.923. The van der Waals surface area contributed by atoms with Crippen molar-refractivity contribution in [1.29, 1.82) is 0 Å². The zero-order valence-electron chi connectivity index (χ0n) is 12.1. The van der Waals surface area contributed by atoms with Gasteiger partial charge in [0.1, 0.15) is 5.54 Å². The zero-order valence-corrected chi connectivity index (χ0v) is 12.1. The van der Waals surface area contributed by atoms with E-state index in [0.717, 1.165) is 13.1 Å². The Bertz CT molecular complexity index is 317. The van der Waals surface area contributed by atoms with E-state index in [1.54, 1.807) is 13.8 Å². The number of ether oxygens (including phenoxy) is 1. The van der Waals surface area contributed by atoms with Gasteiger partial charge >= 0.3 is 12.1 Å². The highest BCUT2D eigenvalue weighted by molar-refractivity contribution is 5.80. The number of nitrogens with one attached hydrogen (secondary N) is 1. The number of hydrogen-bond donors (Lipinski definition) is 1. The molecule has 118 valence electrons. The van der Waals surface area contributed by atoms with Gasteiger partial charge in [-0.3, -0.25) is 9.69 Å². The van der Waals surface area contributed by atoms with Gasteiger partial charge in [-0.25, -0.2) is 0 Å². The first-order valence-corrected chi connectivity index (χ1v) is 6.99. The van der Waals surface area contributed by atoms with Crippen LogP contribution in [0.15, 0.2) is 0 Å². The first-order valence-electron chi connectivity index (χ1n) is 6.99. The highest BCUT2D eigenvalue weighted by Gasteiger charge is 2.41. The molecule has 0 aromatic rings. The van der Waals surface area contributed by atoms with Crippen molar-refractivity contribution < 1.29 is 22.7 Å². The first-order chi connectivity index (χ1) is 9.29. The molecule has 0 amide bonds. The molecule has 1 atom stereocenters. The van der Waals surface area contributed by atoms with Crippen LogP contribution >= 0.6 is 0 Å². The highest BCUT2D eigenvalue weighted by atomic mass is 19.4. The quantitative estimate of drug-likeness (QED) is 0.761. The van der Waals surface area contributed by atoms with Gasteiger partial charge < -0.3 is 10.1 Å². The molecule has 1 aliphatic rings. The topological polar surface area (TPSA) is 41.6 Å². The summed E-state index contributed by atoms with van der Waals surface area (Å²) < 4.78 is 41.9. The lowest BCUT2D eigenvalue weighted by Crippen LogP contribution is -2.59. The van der Waals surface area contributed by atoms with E-state index in [-0.39, 0.29) is 19.4 Å². The van der Waals surface area contributed by atoms with Gasteiger partial charge in [-0.15, -0.1) is 0 Å². The number of nitrogens with zero attached hydrogens (tertiary/aromatic N) is 1. The number of carbonyl (C=O) groups is 1. The van der Waals surface area contributed by atoms with E-state index in [1.807, 2.05) is 4.90 Å². The maximum atomic E-state index is 12.3. The predicted molar refractivity (Wildman–Crippen MR) is 69.4 cm³/mol. The van der Waals surface area contributed by atoms with Crippen LogP contribution in [0.4, 0.5) is 13.2 Å². The summed E-state index contributed by atoms with van der Waals surface area (Å²) in [4.78, 5) is 14.1. The van der Waals surface area contributed by atoms with E-state index in [0.29, 0.717) is 13.1 Å². The minimum Gasteiger partial charge on any atom is -0.465 e. The predicted octanol–water partition coefficient (Wildman–Crippen LogP) is 1.95. The second-order valence-electron chi connectivity index (χ2n) is 5.20. The molecule has 0 aliphatic carbocycles. The molecule has 0 aromatic heterocycles. The lowest BCUT2D eigenvalue weighted by atomic mass is 9.91. The van der Waals surface area contributed by atoms with Gasteiger partial charge in [0.15, 0.2) is 0 Å². The standard InChI is InChI=1S/C13H23F3N2O2/c1-3-20-11(19)12(2,5-4-6-13(14,15)16)18-9-7-17-8-10-18/h17H,3-10H2,1-2H3. The van der Waals surface area contributed by atoms with Crippen LogP contribution in [-0.2, 0) is 9.53 Å². The zero-order chi connectivity index (χ0) is 15.2. The second-order valence-corrected chi connectivity index (χ2v) is 5.20. The molecule has 1 N–H and O–H groups in total. The fourth-order valence-corrected chi connectivity index (χ4v) is 2.47. The van der Waals surface area contributed by atoms with Crippen LogP contribution < -0.4 is 5.32 Å². The van der Waals surface area contributed by atoms with E-state index in [2.05, 4.69) is 5.32 Å². The maximum absolute atomic E-state index is 12.3. The summed E-state index contributed by atoms with van der Waals surface area (Å²) in [6, 6.07) is 0. The molecule has 1 rings (SSSR count). The maximum Gasteiger partial charge on any atom is 0.389 e. The third-order valence-electron chi connectivity index (χ3n) is 3.65. The number of esters is 1. The Labute approximate surface area is 117 Å². The van der Waals surface area contributed by atoms with Gasteiger partial charge in [0, 0.05) is 32.6 Å². The molecule has 1 heterocycles. The van der Waals surface area contributed by atoms with Crippen molar-refractivity contribution in [2.24, 2.45) is 0 Å². The monoisotopic (exact) mass is 296 g/mol. The molecule has 1 unspecified atom stereocenters. The summed E-state index contributed by atoms with van der Waals surface area (Å²) in [7, 11) is 0. The van der Waals surface area contributed by atoms with Crippen molar-refractivity contribution in [3.8, 4) is 0 Å². The van der Waals surface area contributed by atoms with Gasteiger partial charge in [0.25, 0.3) is 0 Å². The van der Waals surface area contributed by atoms with Crippen molar-refractivity contribution in [3.05, 3.63) is 0 Å². The Hall–Kier alpha value is -0.820. The van der Waals surface area contributed by atoms with E-state index in [9.17, 15) is 18.0 Å². The number of piperazine rings is 1. The second kappa shape index (κ2) is 7.26. The number of rotatable bonds is 6. The van der Waals surface area contributed by atoms with Crippen LogP contribution in [0, 0.1) is 0 Å². The van der Waals surface area contributed by atoms with Gasteiger partial charge in [-0.05, 0) is 26.7 Å². The molecular formula is C13H23F3N2O2. The Kier molecular flexibility index (Phi) is 6.26. The van der Waals surface area contributed by atoms with Gasteiger partial charge in [-0.2, -0.15) is 13.2 Å². The average Bonchev–Trinajstić information content (AvgIpc) is 2.38. The number of halogens is 3. The largest absolute Gasteiger partial charge is 0.465 e. The van der Waals surface area contributed by atoms with Crippen molar-refractivity contribution in [2.75, 3.05) is 32.8 Å². The molecule has 0 radical (unpaired) electrons. The third-order valence-corrected chi connectivity index (χ3v) is 3.65. The molecule has 20 heavy (non-hydrogen) atoms. The SMILES string of the molecule is CCOC(=O)C(C)(CCCC(F)(F)F)N1CCNCC1. The summed E-state index contributed by atoms with van der Waals surface area (Å²) in [5.74, 6) is -0.427. The lowest BCUT2D eigenvalue weighted by Gasteiger charge is -2.41. The number of hydrogen-bond acceptors (Lipinski definition) is 4. The van der Waals surface area contributed by atoms with Crippen molar-refractivity contribution in [3.63, 3.8) is 0 Å². The minimum atomic E-state index is -4.18. The van der Waals surface area contributed by atoms with Crippen LogP contribution in [0.3, 0.4) is 0 Å². The van der Waals surface area contributed by atoms with Crippen molar-refractivity contribution in [2.45, 2.75) is 44.8 Å². The highest BCUT2D eigenvalue weighted by Crippen LogP contribution is 2.29. The molecule has 0 aromatic carbocycles. The van der Waals surface area contributed by atoms with Gasteiger partial charge in [0.2, 0.25) is 0 Å². The Morgan fingerprint density at radius 3 is 2.35 bits per heavy atom. The normalized spacial score (nSPS) is 20.4. The van der Waals surface area contributed by atoms with Crippen LogP contribution in [0.2, 0.25) is 0 Å². The summed E-state index contributed by atoms with van der Waals surface area (Å²) in [5.41, 5.74) is -0.969. The molecule has 0 bridgehead atoms.